The molecule has 98 valence electrons. The molecule has 0 aromatic carbocycles. The maximum absolute atomic E-state index is 12.2. The molecule has 0 radical (unpaired) electrons. The zero-order valence-corrected chi connectivity index (χ0v) is 11.4. The summed E-state index contributed by atoms with van der Waals surface area (Å²) in [7, 11) is 0. The summed E-state index contributed by atoms with van der Waals surface area (Å²) >= 11 is 0. The minimum atomic E-state index is -0.394. The molecule has 1 unspecified atom stereocenters. The van der Waals surface area contributed by atoms with Crippen LogP contribution in [-0.4, -0.2) is 22.8 Å². The zero-order valence-electron chi connectivity index (χ0n) is 11.4. The Bertz CT molecular complexity index is 321. The van der Waals surface area contributed by atoms with Crippen molar-refractivity contribution >= 4 is 5.97 Å². The summed E-state index contributed by atoms with van der Waals surface area (Å²) in [5.74, 6) is -0.0543. The van der Waals surface area contributed by atoms with Crippen LogP contribution in [0.15, 0.2) is 0 Å². The Morgan fingerprint density at radius 3 is 2.24 bits per heavy atom. The Balaban J connectivity index is 2.20. The van der Waals surface area contributed by atoms with Gasteiger partial charge in [0.25, 0.3) is 0 Å². The van der Waals surface area contributed by atoms with Gasteiger partial charge in [0.15, 0.2) is 0 Å². The SMILES string of the molecule is CC(C)(C)C1(C)CC2(CCC(O)CC2)OC1=O. The first kappa shape index (κ1) is 12.9. The van der Waals surface area contributed by atoms with Gasteiger partial charge in [0.05, 0.1) is 11.5 Å². The molecular formula is C14H24O3. The normalized spacial score (nSPS) is 42.9. The minimum Gasteiger partial charge on any atom is -0.459 e. The van der Waals surface area contributed by atoms with Gasteiger partial charge in [-0.3, -0.25) is 4.79 Å². The summed E-state index contributed by atoms with van der Waals surface area (Å²) in [6, 6.07) is 0. The van der Waals surface area contributed by atoms with E-state index in [2.05, 4.69) is 20.8 Å². The molecule has 1 heterocycles. The quantitative estimate of drug-likeness (QED) is 0.662. The fraction of sp³-hybridized carbons (Fsp3) is 0.929. The molecule has 1 atom stereocenters. The average Bonchev–Trinajstić information content (AvgIpc) is 2.45. The average molecular weight is 240 g/mol. The van der Waals surface area contributed by atoms with Crippen LogP contribution in [-0.2, 0) is 9.53 Å². The van der Waals surface area contributed by atoms with Gasteiger partial charge in [0, 0.05) is 6.42 Å². The van der Waals surface area contributed by atoms with Crippen LogP contribution in [0.25, 0.3) is 0 Å². The van der Waals surface area contributed by atoms with Crippen molar-refractivity contribution in [1.82, 2.24) is 0 Å². The highest BCUT2D eigenvalue weighted by molar-refractivity contribution is 5.80. The molecule has 1 saturated carbocycles. The number of ether oxygens (including phenoxy) is 1. The van der Waals surface area contributed by atoms with Gasteiger partial charge < -0.3 is 9.84 Å². The van der Waals surface area contributed by atoms with Crippen LogP contribution in [0.3, 0.4) is 0 Å². The molecule has 1 aliphatic carbocycles. The van der Waals surface area contributed by atoms with Crippen molar-refractivity contribution in [2.75, 3.05) is 0 Å². The van der Waals surface area contributed by atoms with E-state index in [0.29, 0.717) is 0 Å². The number of rotatable bonds is 0. The van der Waals surface area contributed by atoms with Gasteiger partial charge in [-0.05, 0) is 38.0 Å². The second kappa shape index (κ2) is 3.71. The highest BCUT2D eigenvalue weighted by atomic mass is 16.6. The second-order valence-corrected chi connectivity index (χ2v) is 7.06. The maximum atomic E-state index is 12.2. The van der Waals surface area contributed by atoms with Crippen molar-refractivity contribution in [1.29, 1.82) is 0 Å². The summed E-state index contributed by atoms with van der Waals surface area (Å²) in [5, 5.41) is 9.57. The highest BCUT2D eigenvalue weighted by Crippen LogP contribution is 2.55. The van der Waals surface area contributed by atoms with E-state index < -0.39 is 5.41 Å². The van der Waals surface area contributed by atoms with Gasteiger partial charge in [-0.2, -0.15) is 0 Å². The smallest absolute Gasteiger partial charge is 0.313 e. The number of esters is 1. The largest absolute Gasteiger partial charge is 0.459 e. The lowest BCUT2D eigenvalue weighted by molar-refractivity contribution is -0.159. The Morgan fingerprint density at radius 1 is 1.29 bits per heavy atom. The van der Waals surface area contributed by atoms with Crippen molar-refractivity contribution in [2.24, 2.45) is 10.8 Å². The predicted molar refractivity (Wildman–Crippen MR) is 65.5 cm³/mol. The summed E-state index contributed by atoms with van der Waals surface area (Å²) in [5.41, 5.74) is -0.767. The van der Waals surface area contributed by atoms with Crippen LogP contribution in [0.2, 0.25) is 0 Å². The van der Waals surface area contributed by atoms with Gasteiger partial charge >= 0.3 is 5.97 Å². The first-order valence-corrected chi connectivity index (χ1v) is 6.60. The van der Waals surface area contributed by atoms with Crippen LogP contribution in [0, 0.1) is 10.8 Å². The van der Waals surface area contributed by atoms with Crippen molar-refractivity contribution in [3.05, 3.63) is 0 Å². The lowest BCUT2D eigenvalue weighted by Crippen LogP contribution is -2.39. The molecular weight excluding hydrogens is 216 g/mol. The van der Waals surface area contributed by atoms with E-state index in [1.165, 1.54) is 0 Å². The third kappa shape index (κ3) is 1.99. The van der Waals surface area contributed by atoms with Crippen molar-refractivity contribution in [2.45, 2.75) is 71.5 Å². The van der Waals surface area contributed by atoms with E-state index in [1.807, 2.05) is 6.92 Å². The topological polar surface area (TPSA) is 46.5 Å². The van der Waals surface area contributed by atoms with Crippen molar-refractivity contribution in [3.63, 3.8) is 0 Å². The van der Waals surface area contributed by atoms with Gasteiger partial charge in [0.1, 0.15) is 5.60 Å². The van der Waals surface area contributed by atoms with Gasteiger partial charge in [0.2, 0.25) is 0 Å². The van der Waals surface area contributed by atoms with Crippen molar-refractivity contribution < 1.29 is 14.6 Å². The highest BCUT2D eigenvalue weighted by Gasteiger charge is 2.59. The predicted octanol–water partition coefficient (Wildman–Crippen LogP) is 2.66. The van der Waals surface area contributed by atoms with E-state index in [0.717, 1.165) is 32.1 Å². The van der Waals surface area contributed by atoms with Crippen LogP contribution in [0.5, 0.6) is 0 Å². The zero-order chi connectivity index (χ0) is 12.9. The second-order valence-electron chi connectivity index (χ2n) is 7.06. The van der Waals surface area contributed by atoms with Crippen LogP contribution in [0.4, 0.5) is 0 Å². The molecule has 0 bridgehead atoms. The standard InChI is InChI=1S/C14H24O3/c1-12(2,3)13(4)9-14(17-11(13)16)7-5-10(15)6-8-14/h10,15H,5-9H2,1-4H3. The molecule has 1 saturated heterocycles. The van der Waals surface area contributed by atoms with E-state index in [1.54, 1.807) is 0 Å². The number of aliphatic hydroxyl groups is 1. The Morgan fingerprint density at radius 2 is 1.82 bits per heavy atom. The molecule has 1 N–H and O–H groups in total. The summed E-state index contributed by atoms with van der Waals surface area (Å²) in [6.07, 6.45) is 3.73. The lowest BCUT2D eigenvalue weighted by Gasteiger charge is -2.38. The molecule has 3 nitrogen and oxygen atoms in total. The monoisotopic (exact) mass is 240 g/mol. The Hall–Kier alpha value is -0.570. The van der Waals surface area contributed by atoms with Crippen molar-refractivity contribution in [3.8, 4) is 0 Å². The third-order valence-corrected chi connectivity index (χ3v) is 4.96. The summed E-state index contributed by atoms with van der Waals surface area (Å²) in [6.45, 7) is 8.33. The van der Waals surface area contributed by atoms with Gasteiger partial charge in [-0.25, -0.2) is 0 Å². The first-order valence-electron chi connectivity index (χ1n) is 6.60. The number of carbonyl (C=O) groups excluding carboxylic acids is 1. The number of aliphatic hydroxyl groups excluding tert-OH is 1. The fourth-order valence-corrected chi connectivity index (χ4v) is 3.04. The molecule has 0 aromatic rings. The summed E-state index contributed by atoms with van der Waals surface area (Å²) < 4.78 is 5.73. The number of hydrogen-bond donors (Lipinski definition) is 1. The molecule has 0 amide bonds. The van der Waals surface area contributed by atoms with E-state index in [9.17, 15) is 9.90 Å². The molecule has 0 aromatic heterocycles. The maximum Gasteiger partial charge on any atom is 0.313 e. The fourth-order valence-electron chi connectivity index (χ4n) is 3.04. The first-order chi connectivity index (χ1) is 7.69. The molecule has 1 aliphatic heterocycles. The number of hydrogen-bond acceptors (Lipinski definition) is 3. The molecule has 2 aliphatic rings. The lowest BCUT2D eigenvalue weighted by atomic mass is 9.63. The van der Waals surface area contributed by atoms with Crippen LogP contribution in [0.1, 0.15) is 59.8 Å². The molecule has 1 spiro atoms. The Labute approximate surface area is 104 Å². The summed E-state index contributed by atoms with van der Waals surface area (Å²) in [4.78, 5) is 12.2. The van der Waals surface area contributed by atoms with E-state index >= 15 is 0 Å². The van der Waals surface area contributed by atoms with Crippen LogP contribution < -0.4 is 0 Å². The molecule has 3 heteroatoms. The van der Waals surface area contributed by atoms with E-state index in [4.69, 9.17) is 4.74 Å². The minimum absolute atomic E-state index is 0.0543. The van der Waals surface area contributed by atoms with Gasteiger partial charge in [-0.15, -0.1) is 0 Å². The van der Waals surface area contributed by atoms with E-state index in [-0.39, 0.29) is 23.1 Å². The number of carbonyl (C=O) groups is 1. The van der Waals surface area contributed by atoms with Crippen LogP contribution >= 0.6 is 0 Å². The molecule has 17 heavy (non-hydrogen) atoms. The van der Waals surface area contributed by atoms with Gasteiger partial charge in [-0.1, -0.05) is 20.8 Å². The third-order valence-electron chi connectivity index (χ3n) is 4.96. The Kier molecular flexibility index (Phi) is 2.81. The molecule has 2 rings (SSSR count). The molecule has 2 fully saturated rings.